The molecule has 7 heteroatoms. The lowest BCUT2D eigenvalue weighted by atomic mass is 10.1. The van der Waals surface area contributed by atoms with Crippen molar-refractivity contribution in [2.24, 2.45) is 5.92 Å². The number of carbonyl (C=O) groups excluding carboxylic acids is 1. The number of nitrogens with one attached hydrogen (secondary N) is 1. The van der Waals surface area contributed by atoms with Crippen LogP contribution in [0.5, 0.6) is 0 Å². The third-order valence-corrected chi connectivity index (χ3v) is 7.27. The second-order valence-corrected chi connectivity index (χ2v) is 9.36. The molecule has 2 fully saturated rings. The van der Waals surface area contributed by atoms with Gasteiger partial charge in [-0.05, 0) is 41.7 Å². The average molecular weight is 413 g/mol. The maximum absolute atomic E-state index is 13.0. The number of hydrogen-bond donors (Lipinski definition) is 1. The zero-order valence-electron chi connectivity index (χ0n) is 16.0. The van der Waals surface area contributed by atoms with Gasteiger partial charge in [-0.2, -0.15) is 4.31 Å². The van der Waals surface area contributed by atoms with E-state index in [9.17, 15) is 13.2 Å². The summed E-state index contributed by atoms with van der Waals surface area (Å²) < 4.78 is 33.0. The van der Waals surface area contributed by atoms with E-state index >= 15 is 0 Å². The summed E-state index contributed by atoms with van der Waals surface area (Å²) in [4.78, 5) is 12.3. The van der Waals surface area contributed by atoms with Crippen LogP contribution < -0.4 is 5.32 Å². The van der Waals surface area contributed by atoms with Gasteiger partial charge in [-0.15, -0.1) is 0 Å². The molecule has 6 nitrogen and oxygen atoms in total. The highest BCUT2D eigenvalue weighted by atomic mass is 32.2. The summed E-state index contributed by atoms with van der Waals surface area (Å²) in [5, 5.41) is 2.81. The highest BCUT2D eigenvalue weighted by Gasteiger charge is 2.42. The molecule has 0 radical (unpaired) electrons. The summed E-state index contributed by atoms with van der Waals surface area (Å²) in [6.07, 6.45) is 4.11. The molecule has 2 unspecified atom stereocenters. The fraction of sp³-hybridized carbons (Fsp3) is 0.318. The van der Waals surface area contributed by atoms with Crippen LogP contribution in [-0.4, -0.2) is 44.4 Å². The van der Waals surface area contributed by atoms with Crippen molar-refractivity contribution in [3.05, 3.63) is 71.8 Å². The van der Waals surface area contributed by atoms with E-state index in [4.69, 9.17) is 4.74 Å². The van der Waals surface area contributed by atoms with Crippen LogP contribution in [0.4, 0.5) is 0 Å². The van der Waals surface area contributed by atoms with Crippen LogP contribution in [0, 0.1) is 5.92 Å². The number of ether oxygens (including phenoxy) is 1. The predicted molar refractivity (Wildman–Crippen MR) is 110 cm³/mol. The molecular formula is C22H24N2O4S. The number of fused-ring (bicyclic) bond motifs is 2. The van der Waals surface area contributed by atoms with Crippen LogP contribution in [0.15, 0.2) is 65.6 Å². The second-order valence-electron chi connectivity index (χ2n) is 7.47. The Hall–Kier alpha value is -2.48. The van der Waals surface area contributed by atoms with E-state index < -0.39 is 10.0 Å². The van der Waals surface area contributed by atoms with E-state index in [-0.39, 0.29) is 16.8 Å². The van der Waals surface area contributed by atoms with Crippen molar-refractivity contribution >= 4 is 22.0 Å². The van der Waals surface area contributed by atoms with Gasteiger partial charge in [-0.1, -0.05) is 42.5 Å². The first-order valence-electron chi connectivity index (χ1n) is 9.72. The van der Waals surface area contributed by atoms with E-state index in [0.29, 0.717) is 32.2 Å². The normalized spacial score (nSPS) is 22.1. The fourth-order valence-electron chi connectivity index (χ4n) is 3.82. The van der Waals surface area contributed by atoms with Gasteiger partial charge in [0.05, 0.1) is 18.1 Å². The Morgan fingerprint density at radius 1 is 1.10 bits per heavy atom. The third-order valence-electron chi connectivity index (χ3n) is 5.34. The van der Waals surface area contributed by atoms with E-state index in [2.05, 4.69) is 5.32 Å². The predicted octanol–water partition coefficient (Wildman–Crippen LogP) is 2.43. The minimum atomic E-state index is -3.53. The van der Waals surface area contributed by atoms with Crippen molar-refractivity contribution in [1.29, 1.82) is 0 Å². The Labute approximate surface area is 171 Å². The zero-order chi connectivity index (χ0) is 20.3. The number of rotatable bonds is 6. The van der Waals surface area contributed by atoms with Crippen molar-refractivity contribution in [1.82, 2.24) is 9.62 Å². The van der Waals surface area contributed by atoms with E-state index in [0.717, 1.165) is 17.5 Å². The first-order chi connectivity index (χ1) is 14.0. The SMILES string of the molecule is O=C(C=Cc1ccccc1)NCc1ccc(S(=O)(=O)N2CC3COCC2C3)cc1. The Kier molecular flexibility index (Phi) is 5.80. The van der Waals surface area contributed by atoms with Gasteiger partial charge in [-0.3, -0.25) is 4.79 Å². The van der Waals surface area contributed by atoms with Gasteiger partial charge in [-0.25, -0.2) is 8.42 Å². The van der Waals surface area contributed by atoms with Crippen LogP contribution >= 0.6 is 0 Å². The highest BCUT2D eigenvalue weighted by Crippen LogP contribution is 2.33. The molecule has 29 heavy (non-hydrogen) atoms. The summed E-state index contributed by atoms with van der Waals surface area (Å²) >= 11 is 0. The molecule has 0 aromatic heterocycles. The maximum atomic E-state index is 13.0. The molecule has 2 heterocycles. The minimum Gasteiger partial charge on any atom is -0.379 e. The van der Waals surface area contributed by atoms with Crippen molar-refractivity contribution in [3.8, 4) is 0 Å². The van der Waals surface area contributed by atoms with Crippen LogP contribution in [-0.2, 0) is 26.1 Å². The van der Waals surface area contributed by atoms with E-state index in [1.165, 1.54) is 6.08 Å². The van der Waals surface area contributed by atoms with Gasteiger partial charge in [0.2, 0.25) is 15.9 Å². The van der Waals surface area contributed by atoms with Gasteiger partial charge in [0, 0.05) is 25.2 Å². The molecule has 2 bridgehead atoms. The molecule has 2 aromatic rings. The second kappa shape index (κ2) is 8.49. The van der Waals surface area contributed by atoms with Crippen molar-refractivity contribution in [3.63, 3.8) is 0 Å². The topological polar surface area (TPSA) is 75.7 Å². The summed E-state index contributed by atoms with van der Waals surface area (Å²) in [6, 6.07) is 16.2. The van der Waals surface area contributed by atoms with Gasteiger partial charge in [0.15, 0.2) is 0 Å². The number of benzene rings is 2. The standard InChI is InChI=1S/C22H24N2O4S/c25-22(11-8-17-4-2-1-3-5-17)23-13-18-6-9-21(10-7-18)29(26,27)24-14-19-12-20(24)16-28-15-19/h1-11,19-20H,12-16H2,(H,23,25). The minimum absolute atomic E-state index is 0.0610. The quantitative estimate of drug-likeness (QED) is 0.740. The first-order valence-corrected chi connectivity index (χ1v) is 11.2. The molecule has 152 valence electrons. The summed E-state index contributed by atoms with van der Waals surface area (Å²) in [5.41, 5.74) is 1.79. The third kappa shape index (κ3) is 4.58. The Bertz CT molecular complexity index is 987. The highest BCUT2D eigenvalue weighted by molar-refractivity contribution is 7.89. The summed E-state index contributed by atoms with van der Waals surface area (Å²) in [6.45, 7) is 1.97. The molecular weight excluding hydrogens is 388 g/mol. The molecule has 2 aliphatic rings. The van der Waals surface area contributed by atoms with Crippen molar-refractivity contribution in [2.75, 3.05) is 19.8 Å². The van der Waals surface area contributed by atoms with Crippen LogP contribution in [0.25, 0.3) is 6.08 Å². The molecule has 1 amide bonds. The summed E-state index contributed by atoms with van der Waals surface area (Å²) in [7, 11) is -3.53. The molecule has 0 spiro atoms. The van der Waals surface area contributed by atoms with Crippen LogP contribution in [0.2, 0.25) is 0 Å². The monoisotopic (exact) mass is 412 g/mol. The van der Waals surface area contributed by atoms with Gasteiger partial charge in [0.25, 0.3) is 0 Å². The van der Waals surface area contributed by atoms with Gasteiger partial charge in [0.1, 0.15) is 0 Å². The lowest BCUT2D eigenvalue weighted by Gasteiger charge is -2.24. The number of nitrogens with zero attached hydrogens (tertiary/aromatic N) is 1. The Morgan fingerprint density at radius 2 is 1.86 bits per heavy atom. The lowest BCUT2D eigenvalue weighted by Crippen LogP contribution is -2.37. The van der Waals surface area contributed by atoms with E-state index in [1.807, 2.05) is 30.3 Å². The number of hydrogen-bond acceptors (Lipinski definition) is 4. The smallest absolute Gasteiger partial charge is 0.244 e. The van der Waals surface area contributed by atoms with Gasteiger partial charge >= 0.3 is 0 Å². The number of carbonyl (C=O) groups is 1. The molecule has 0 aliphatic carbocycles. The molecule has 2 saturated heterocycles. The van der Waals surface area contributed by atoms with Crippen LogP contribution in [0.1, 0.15) is 17.5 Å². The lowest BCUT2D eigenvalue weighted by molar-refractivity contribution is -0.116. The number of amides is 1. The molecule has 2 aromatic carbocycles. The number of sulfonamides is 1. The largest absolute Gasteiger partial charge is 0.379 e. The molecule has 1 N–H and O–H groups in total. The van der Waals surface area contributed by atoms with Gasteiger partial charge < -0.3 is 10.1 Å². The first kappa shape index (κ1) is 19.8. The van der Waals surface area contributed by atoms with E-state index in [1.54, 1.807) is 34.6 Å². The Morgan fingerprint density at radius 3 is 2.59 bits per heavy atom. The fourth-order valence-corrected chi connectivity index (χ4v) is 5.51. The molecule has 2 atom stereocenters. The molecule has 2 aliphatic heterocycles. The average Bonchev–Trinajstić information content (AvgIpc) is 3.05. The molecule has 0 saturated carbocycles. The van der Waals surface area contributed by atoms with Crippen LogP contribution in [0.3, 0.4) is 0 Å². The van der Waals surface area contributed by atoms with Crippen molar-refractivity contribution < 1.29 is 17.9 Å². The maximum Gasteiger partial charge on any atom is 0.244 e. The zero-order valence-corrected chi connectivity index (χ0v) is 16.8. The van der Waals surface area contributed by atoms with Crippen molar-refractivity contribution in [2.45, 2.75) is 23.9 Å². The summed E-state index contributed by atoms with van der Waals surface area (Å²) in [5.74, 6) is 0.0943. The molecule has 4 rings (SSSR count). The Balaban J connectivity index is 1.35.